The van der Waals surface area contributed by atoms with E-state index < -0.39 is 6.36 Å². The zero-order valence-corrected chi connectivity index (χ0v) is 10.7. The number of aromatic nitrogens is 1. The van der Waals surface area contributed by atoms with Crippen molar-refractivity contribution in [3.05, 3.63) is 34.8 Å². The molecule has 2 rings (SSSR count). The van der Waals surface area contributed by atoms with Gasteiger partial charge in [0.05, 0.1) is 0 Å². The van der Waals surface area contributed by atoms with E-state index in [1.54, 1.807) is 6.92 Å². The number of hydrogen-bond acceptors (Lipinski definition) is 3. The normalized spacial score (nSPS) is 11.6. The number of nitrogens with zero attached hydrogens (tertiary/aromatic N) is 1. The molecule has 0 fully saturated rings. The molecule has 96 valence electrons. The Kier molecular flexibility index (Phi) is 3.34. The van der Waals surface area contributed by atoms with E-state index in [9.17, 15) is 13.2 Å². The predicted octanol–water partition coefficient (Wildman–Crippen LogP) is 4.31. The lowest BCUT2D eigenvalue weighted by Gasteiger charge is -2.08. The molecule has 0 unspecified atom stereocenters. The van der Waals surface area contributed by atoms with Crippen LogP contribution in [0.1, 0.15) is 5.89 Å². The molecule has 0 N–H and O–H groups in total. The topological polar surface area (TPSA) is 35.3 Å². The first kappa shape index (κ1) is 12.9. The van der Waals surface area contributed by atoms with E-state index >= 15 is 0 Å². The Bertz CT molecular complexity index is 548. The predicted molar refractivity (Wildman–Crippen MR) is 61.1 cm³/mol. The van der Waals surface area contributed by atoms with Gasteiger partial charge in [0.25, 0.3) is 0 Å². The fourth-order valence-corrected chi connectivity index (χ4v) is 1.95. The van der Waals surface area contributed by atoms with Gasteiger partial charge in [-0.2, -0.15) is 0 Å². The van der Waals surface area contributed by atoms with Crippen molar-refractivity contribution in [1.82, 2.24) is 4.98 Å². The van der Waals surface area contributed by atoms with Crippen LogP contribution in [0, 0.1) is 6.92 Å². The Balaban J connectivity index is 2.25. The number of benzene rings is 1. The second kappa shape index (κ2) is 4.64. The molecule has 0 saturated carbocycles. The van der Waals surface area contributed by atoms with Gasteiger partial charge in [-0.15, -0.1) is 13.2 Å². The molecule has 0 saturated heterocycles. The summed E-state index contributed by atoms with van der Waals surface area (Å²) in [4.78, 5) is 4.01. The second-order valence-corrected chi connectivity index (χ2v) is 4.18. The summed E-state index contributed by atoms with van der Waals surface area (Å²) < 4.78 is 45.5. The second-order valence-electron chi connectivity index (χ2n) is 3.42. The summed E-state index contributed by atoms with van der Waals surface area (Å²) >= 11 is 3.21. The molecule has 1 aromatic carbocycles. The third-order valence-electron chi connectivity index (χ3n) is 2.04. The lowest BCUT2D eigenvalue weighted by molar-refractivity contribution is -0.274. The highest BCUT2D eigenvalue weighted by molar-refractivity contribution is 9.10. The van der Waals surface area contributed by atoms with E-state index in [1.807, 2.05) is 0 Å². The Morgan fingerprint density at radius 3 is 2.28 bits per heavy atom. The van der Waals surface area contributed by atoms with Crippen molar-refractivity contribution in [3.8, 4) is 17.1 Å². The zero-order valence-electron chi connectivity index (χ0n) is 9.08. The quantitative estimate of drug-likeness (QED) is 0.826. The highest BCUT2D eigenvalue weighted by Gasteiger charge is 2.31. The van der Waals surface area contributed by atoms with Crippen molar-refractivity contribution in [2.24, 2.45) is 0 Å². The third kappa shape index (κ3) is 3.04. The first-order chi connectivity index (χ1) is 8.35. The number of oxazole rings is 1. The van der Waals surface area contributed by atoms with Crippen molar-refractivity contribution in [2.45, 2.75) is 13.3 Å². The number of ether oxygens (including phenoxy) is 1. The molecule has 0 bridgehead atoms. The molecular weight excluding hydrogens is 315 g/mol. The fourth-order valence-electron chi connectivity index (χ4n) is 1.39. The van der Waals surface area contributed by atoms with Crippen LogP contribution in [0.5, 0.6) is 5.75 Å². The van der Waals surface area contributed by atoms with E-state index in [-0.39, 0.29) is 5.75 Å². The molecule has 1 heterocycles. The third-order valence-corrected chi connectivity index (χ3v) is 2.58. The van der Waals surface area contributed by atoms with E-state index in [1.165, 1.54) is 24.3 Å². The largest absolute Gasteiger partial charge is 0.573 e. The van der Waals surface area contributed by atoms with Crippen molar-refractivity contribution in [3.63, 3.8) is 0 Å². The maximum absolute atomic E-state index is 12.0. The van der Waals surface area contributed by atoms with Crippen molar-refractivity contribution < 1.29 is 22.3 Å². The van der Waals surface area contributed by atoms with Gasteiger partial charge in [0, 0.05) is 12.5 Å². The van der Waals surface area contributed by atoms with E-state index in [0.29, 0.717) is 21.8 Å². The molecule has 18 heavy (non-hydrogen) atoms. The van der Waals surface area contributed by atoms with Crippen LogP contribution in [-0.4, -0.2) is 11.3 Å². The lowest BCUT2D eigenvalue weighted by Crippen LogP contribution is -2.16. The Morgan fingerprint density at radius 2 is 1.83 bits per heavy atom. The molecule has 2 aromatic rings. The molecular formula is C11H7BrF3NO2. The van der Waals surface area contributed by atoms with Crippen LogP contribution in [-0.2, 0) is 0 Å². The SMILES string of the molecule is Cc1nc(Br)c(-c2ccc(OC(F)(F)F)cc2)o1. The summed E-state index contributed by atoms with van der Waals surface area (Å²) in [5.74, 6) is 0.650. The van der Waals surface area contributed by atoms with Crippen molar-refractivity contribution >= 4 is 15.9 Å². The van der Waals surface area contributed by atoms with E-state index in [0.717, 1.165) is 0 Å². The zero-order chi connectivity index (χ0) is 13.3. The van der Waals surface area contributed by atoms with Gasteiger partial charge in [-0.3, -0.25) is 0 Å². The number of aryl methyl sites for hydroxylation is 1. The molecule has 3 nitrogen and oxygen atoms in total. The summed E-state index contributed by atoms with van der Waals surface area (Å²) in [6.07, 6.45) is -4.69. The minimum Gasteiger partial charge on any atom is -0.440 e. The first-order valence-corrected chi connectivity index (χ1v) is 5.63. The molecule has 0 amide bonds. The first-order valence-electron chi connectivity index (χ1n) is 4.84. The van der Waals surface area contributed by atoms with Gasteiger partial charge in [0.2, 0.25) is 0 Å². The molecule has 0 atom stereocenters. The minimum absolute atomic E-state index is 0.279. The van der Waals surface area contributed by atoms with Crippen LogP contribution in [0.2, 0.25) is 0 Å². The molecule has 0 aliphatic carbocycles. The number of rotatable bonds is 2. The highest BCUT2D eigenvalue weighted by Crippen LogP contribution is 2.31. The van der Waals surface area contributed by atoms with Gasteiger partial charge < -0.3 is 9.15 Å². The van der Waals surface area contributed by atoms with Crippen LogP contribution in [0.15, 0.2) is 33.3 Å². The Labute approximate surface area is 109 Å². The van der Waals surface area contributed by atoms with Gasteiger partial charge >= 0.3 is 6.36 Å². The van der Waals surface area contributed by atoms with Crippen LogP contribution in [0.4, 0.5) is 13.2 Å². The average Bonchev–Trinajstić information content (AvgIpc) is 2.57. The number of hydrogen-bond donors (Lipinski definition) is 0. The molecule has 0 spiro atoms. The van der Waals surface area contributed by atoms with E-state index in [4.69, 9.17) is 4.42 Å². The summed E-state index contributed by atoms with van der Waals surface area (Å²) in [6, 6.07) is 5.36. The van der Waals surface area contributed by atoms with Crippen molar-refractivity contribution in [2.75, 3.05) is 0 Å². The highest BCUT2D eigenvalue weighted by atomic mass is 79.9. The van der Waals surface area contributed by atoms with Gasteiger partial charge in [-0.25, -0.2) is 4.98 Å². The van der Waals surface area contributed by atoms with Crippen LogP contribution in [0.25, 0.3) is 11.3 Å². The molecule has 7 heteroatoms. The maximum atomic E-state index is 12.0. The van der Waals surface area contributed by atoms with E-state index in [2.05, 4.69) is 25.7 Å². The molecule has 0 aliphatic heterocycles. The average molecular weight is 322 g/mol. The summed E-state index contributed by atoms with van der Waals surface area (Å²) in [7, 11) is 0. The van der Waals surface area contributed by atoms with Gasteiger partial charge in [0.15, 0.2) is 16.3 Å². The Morgan fingerprint density at radius 1 is 1.22 bits per heavy atom. The van der Waals surface area contributed by atoms with Crippen molar-refractivity contribution in [1.29, 1.82) is 0 Å². The lowest BCUT2D eigenvalue weighted by atomic mass is 10.2. The van der Waals surface area contributed by atoms with Gasteiger partial charge in [-0.1, -0.05) is 0 Å². The molecule has 0 aliphatic rings. The Hall–Kier alpha value is -1.50. The van der Waals surface area contributed by atoms with Gasteiger partial charge in [0.1, 0.15) is 5.75 Å². The van der Waals surface area contributed by atoms with Crippen LogP contribution in [0.3, 0.4) is 0 Å². The monoisotopic (exact) mass is 321 g/mol. The summed E-state index contributed by atoms with van der Waals surface area (Å²) in [5, 5.41) is 0. The van der Waals surface area contributed by atoms with Crippen LogP contribution < -0.4 is 4.74 Å². The summed E-state index contributed by atoms with van der Waals surface area (Å²) in [6.45, 7) is 1.68. The van der Waals surface area contributed by atoms with Gasteiger partial charge in [-0.05, 0) is 40.2 Å². The molecule has 0 radical (unpaired) electrons. The number of halogens is 4. The van der Waals surface area contributed by atoms with Crippen LogP contribution >= 0.6 is 15.9 Å². The number of alkyl halides is 3. The summed E-state index contributed by atoms with van der Waals surface area (Å²) in [5.41, 5.74) is 0.608. The molecule has 1 aromatic heterocycles. The maximum Gasteiger partial charge on any atom is 0.573 e. The fraction of sp³-hybridized carbons (Fsp3) is 0.182. The standard InChI is InChI=1S/C11H7BrF3NO2/c1-6-16-10(12)9(17-6)7-2-4-8(5-3-7)18-11(13,14)15/h2-5H,1H3. The smallest absolute Gasteiger partial charge is 0.440 e. The minimum atomic E-state index is -4.69.